The fourth-order valence-electron chi connectivity index (χ4n) is 1.68. The van der Waals surface area contributed by atoms with E-state index < -0.39 is 0 Å². The zero-order valence-electron chi connectivity index (χ0n) is 8.98. The Morgan fingerprint density at radius 3 is 2.73 bits per heavy atom. The van der Waals surface area contributed by atoms with Crippen LogP contribution in [0.25, 0.3) is 0 Å². The fraction of sp³-hybridized carbons (Fsp3) is 0.308. The van der Waals surface area contributed by atoms with E-state index in [0.29, 0.717) is 6.04 Å². The lowest BCUT2D eigenvalue weighted by Gasteiger charge is -2.17. The summed E-state index contributed by atoms with van der Waals surface area (Å²) in [7, 11) is 0. The second kappa shape index (κ2) is 4.78. The van der Waals surface area contributed by atoms with Crippen LogP contribution in [0.1, 0.15) is 24.9 Å². The number of benzene rings is 1. The van der Waals surface area contributed by atoms with Crippen LogP contribution in [-0.4, -0.2) is 12.8 Å². The maximum absolute atomic E-state index is 4.25. The Morgan fingerprint density at radius 1 is 1.27 bits per heavy atom. The molecule has 1 aromatic carbocycles. The Hall–Kier alpha value is -1.57. The SMILES string of the molecule is C[C@H](NC1=CCCN=C1)c1ccccc1. The molecule has 0 saturated carbocycles. The summed E-state index contributed by atoms with van der Waals surface area (Å²) in [6, 6.07) is 10.8. The first-order valence-corrected chi connectivity index (χ1v) is 5.38. The van der Waals surface area contributed by atoms with Gasteiger partial charge in [0.1, 0.15) is 0 Å². The lowest BCUT2D eigenvalue weighted by molar-refractivity contribution is 0.667. The third-order valence-electron chi connectivity index (χ3n) is 2.54. The van der Waals surface area contributed by atoms with Gasteiger partial charge in [-0.1, -0.05) is 36.4 Å². The summed E-state index contributed by atoms with van der Waals surface area (Å²) in [5.74, 6) is 0. The normalized spacial score (nSPS) is 17.0. The highest BCUT2D eigenvalue weighted by molar-refractivity contribution is 5.78. The Balaban J connectivity index is 2.01. The topological polar surface area (TPSA) is 24.4 Å². The number of hydrogen-bond acceptors (Lipinski definition) is 2. The van der Waals surface area contributed by atoms with Gasteiger partial charge in [-0.05, 0) is 18.9 Å². The van der Waals surface area contributed by atoms with E-state index in [0.717, 1.165) is 18.7 Å². The second-order valence-corrected chi connectivity index (χ2v) is 3.76. The lowest BCUT2D eigenvalue weighted by atomic mass is 10.1. The van der Waals surface area contributed by atoms with Gasteiger partial charge in [-0.15, -0.1) is 0 Å². The summed E-state index contributed by atoms with van der Waals surface area (Å²) in [5.41, 5.74) is 2.44. The van der Waals surface area contributed by atoms with Crippen LogP contribution in [0.2, 0.25) is 0 Å². The van der Waals surface area contributed by atoms with Crippen molar-refractivity contribution in [1.29, 1.82) is 0 Å². The number of allylic oxidation sites excluding steroid dienone is 1. The van der Waals surface area contributed by atoms with Crippen LogP contribution in [0.5, 0.6) is 0 Å². The van der Waals surface area contributed by atoms with Crippen LogP contribution in [0, 0.1) is 0 Å². The van der Waals surface area contributed by atoms with Crippen molar-refractivity contribution in [3.63, 3.8) is 0 Å². The van der Waals surface area contributed by atoms with Gasteiger partial charge in [-0.3, -0.25) is 4.99 Å². The first-order chi connectivity index (χ1) is 7.36. The van der Waals surface area contributed by atoms with Crippen molar-refractivity contribution in [3.8, 4) is 0 Å². The summed E-state index contributed by atoms with van der Waals surface area (Å²) in [5, 5.41) is 3.45. The Labute approximate surface area is 90.7 Å². The molecule has 1 aliphatic rings. The number of hydrogen-bond donors (Lipinski definition) is 1. The molecule has 0 saturated heterocycles. The van der Waals surface area contributed by atoms with Crippen molar-refractivity contribution >= 4 is 6.21 Å². The molecule has 1 atom stereocenters. The van der Waals surface area contributed by atoms with Crippen LogP contribution in [-0.2, 0) is 0 Å². The van der Waals surface area contributed by atoms with Crippen molar-refractivity contribution in [1.82, 2.24) is 5.32 Å². The highest BCUT2D eigenvalue weighted by Gasteiger charge is 2.05. The number of nitrogens with zero attached hydrogens (tertiary/aromatic N) is 1. The molecule has 2 nitrogen and oxygen atoms in total. The molecular formula is C13H16N2. The summed E-state index contributed by atoms with van der Waals surface area (Å²) < 4.78 is 0. The number of aliphatic imine (C=N–C) groups is 1. The molecule has 1 heterocycles. The summed E-state index contributed by atoms with van der Waals surface area (Å²) in [4.78, 5) is 4.25. The first kappa shape index (κ1) is 9.97. The van der Waals surface area contributed by atoms with E-state index in [-0.39, 0.29) is 0 Å². The van der Waals surface area contributed by atoms with E-state index in [2.05, 4.69) is 47.6 Å². The number of rotatable bonds is 3. The van der Waals surface area contributed by atoms with E-state index in [4.69, 9.17) is 0 Å². The van der Waals surface area contributed by atoms with Gasteiger partial charge in [0, 0.05) is 24.5 Å². The van der Waals surface area contributed by atoms with E-state index in [1.165, 1.54) is 5.56 Å². The molecule has 15 heavy (non-hydrogen) atoms. The molecule has 0 fully saturated rings. The summed E-state index contributed by atoms with van der Waals surface area (Å²) in [6.45, 7) is 3.09. The monoisotopic (exact) mass is 200 g/mol. The van der Waals surface area contributed by atoms with Gasteiger partial charge in [-0.2, -0.15) is 0 Å². The largest absolute Gasteiger partial charge is 0.378 e. The van der Waals surface area contributed by atoms with E-state index >= 15 is 0 Å². The molecular weight excluding hydrogens is 184 g/mol. The molecule has 0 radical (unpaired) electrons. The van der Waals surface area contributed by atoms with Crippen LogP contribution in [0.4, 0.5) is 0 Å². The Kier molecular flexibility index (Phi) is 3.18. The highest BCUT2D eigenvalue weighted by Crippen LogP contribution is 2.13. The fourth-order valence-corrected chi connectivity index (χ4v) is 1.68. The van der Waals surface area contributed by atoms with Crippen LogP contribution < -0.4 is 5.32 Å². The van der Waals surface area contributed by atoms with E-state index in [1.807, 2.05) is 12.3 Å². The maximum Gasteiger partial charge on any atom is 0.0486 e. The van der Waals surface area contributed by atoms with Gasteiger partial charge in [0.25, 0.3) is 0 Å². The van der Waals surface area contributed by atoms with Crippen molar-refractivity contribution in [2.24, 2.45) is 4.99 Å². The smallest absolute Gasteiger partial charge is 0.0486 e. The molecule has 1 aliphatic heterocycles. The average Bonchev–Trinajstić information content (AvgIpc) is 2.31. The highest BCUT2D eigenvalue weighted by atomic mass is 14.9. The Morgan fingerprint density at radius 2 is 2.07 bits per heavy atom. The molecule has 0 amide bonds. The predicted octanol–water partition coefficient (Wildman–Crippen LogP) is 2.70. The summed E-state index contributed by atoms with van der Waals surface area (Å²) in [6.07, 6.45) is 5.16. The van der Waals surface area contributed by atoms with Crippen LogP contribution in [0.15, 0.2) is 47.1 Å². The standard InChI is InChI=1S/C13H16N2/c1-11(12-6-3-2-4-7-12)15-13-8-5-9-14-10-13/h2-4,6-8,10-11,15H,5,9H2,1H3/t11-/m0/s1. The minimum absolute atomic E-state index is 0.335. The van der Waals surface area contributed by atoms with Gasteiger partial charge >= 0.3 is 0 Å². The van der Waals surface area contributed by atoms with Crippen molar-refractivity contribution < 1.29 is 0 Å². The summed E-state index contributed by atoms with van der Waals surface area (Å²) >= 11 is 0. The number of nitrogens with one attached hydrogen (secondary N) is 1. The molecule has 2 heteroatoms. The third kappa shape index (κ3) is 2.69. The molecule has 1 N–H and O–H groups in total. The maximum atomic E-state index is 4.25. The van der Waals surface area contributed by atoms with Gasteiger partial charge in [0.15, 0.2) is 0 Å². The van der Waals surface area contributed by atoms with E-state index in [9.17, 15) is 0 Å². The van der Waals surface area contributed by atoms with Crippen molar-refractivity contribution in [3.05, 3.63) is 47.7 Å². The Bertz CT molecular complexity index is 365. The minimum Gasteiger partial charge on any atom is -0.378 e. The van der Waals surface area contributed by atoms with Crippen LogP contribution >= 0.6 is 0 Å². The first-order valence-electron chi connectivity index (χ1n) is 5.38. The van der Waals surface area contributed by atoms with Gasteiger partial charge in [-0.25, -0.2) is 0 Å². The zero-order valence-corrected chi connectivity index (χ0v) is 8.98. The average molecular weight is 200 g/mol. The third-order valence-corrected chi connectivity index (χ3v) is 2.54. The van der Waals surface area contributed by atoms with Gasteiger partial charge in [0.05, 0.1) is 0 Å². The molecule has 0 bridgehead atoms. The zero-order chi connectivity index (χ0) is 10.5. The second-order valence-electron chi connectivity index (χ2n) is 3.76. The number of dihydropyridines is 1. The molecule has 0 aromatic heterocycles. The molecule has 0 spiro atoms. The van der Waals surface area contributed by atoms with Gasteiger partial charge < -0.3 is 5.32 Å². The van der Waals surface area contributed by atoms with Gasteiger partial charge in [0.2, 0.25) is 0 Å². The van der Waals surface area contributed by atoms with Crippen LogP contribution in [0.3, 0.4) is 0 Å². The quantitative estimate of drug-likeness (QED) is 0.797. The van der Waals surface area contributed by atoms with Crippen molar-refractivity contribution in [2.45, 2.75) is 19.4 Å². The predicted molar refractivity (Wildman–Crippen MR) is 64.1 cm³/mol. The molecule has 78 valence electrons. The lowest BCUT2D eigenvalue weighted by Crippen LogP contribution is -2.20. The molecule has 0 unspecified atom stereocenters. The molecule has 1 aromatic rings. The minimum atomic E-state index is 0.335. The molecule has 0 aliphatic carbocycles. The molecule has 2 rings (SSSR count). The van der Waals surface area contributed by atoms with E-state index in [1.54, 1.807) is 0 Å². The van der Waals surface area contributed by atoms with Crippen molar-refractivity contribution in [2.75, 3.05) is 6.54 Å².